The van der Waals surface area contributed by atoms with Gasteiger partial charge in [0.25, 0.3) is 0 Å². The van der Waals surface area contributed by atoms with Gasteiger partial charge in [-0.05, 0) is 31.3 Å². The van der Waals surface area contributed by atoms with Gasteiger partial charge in [0.2, 0.25) is 0 Å². The highest BCUT2D eigenvalue weighted by atomic mass is 17.1. The molecule has 2 rings (SSSR count). The number of methoxy groups -OCH3 is 1. The van der Waals surface area contributed by atoms with Crippen LogP contribution in [-0.4, -0.2) is 47.2 Å². The summed E-state index contributed by atoms with van der Waals surface area (Å²) in [6.45, 7) is 10.8. The fraction of sp³-hybridized carbons (Fsp3) is 0.667. The van der Waals surface area contributed by atoms with Crippen molar-refractivity contribution in [1.29, 1.82) is 0 Å². The Morgan fingerprint density at radius 3 is 2.48 bits per heavy atom. The third-order valence-electron chi connectivity index (χ3n) is 5.90. The van der Waals surface area contributed by atoms with E-state index >= 15 is 0 Å². The minimum atomic E-state index is -1.26. The SMILES string of the molecule is C=C(C(=O)OC)C1CC2(OO)C(=C)CCC(O)C2(C)CC1OC(C)=O. The molecular weight excluding hydrogens is 328 g/mol. The lowest BCUT2D eigenvalue weighted by atomic mass is 9.51. The van der Waals surface area contributed by atoms with E-state index in [0.29, 0.717) is 18.4 Å². The molecule has 0 bridgehead atoms. The molecular formula is C18H26O7. The average Bonchev–Trinajstić information content (AvgIpc) is 2.56. The molecule has 0 aromatic rings. The van der Waals surface area contributed by atoms with Crippen LogP contribution in [0.3, 0.4) is 0 Å². The largest absolute Gasteiger partial charge is 0.466 e. The molecule has 0 radical (unpaired) electrons. The summed E-state index contributed by atoms with van der Waals surface area (Å²) in [6.07, 6.45) is -0.244. The number of fused-ring (bicyclic) bond motifs is 1. The van der Waals surface area contributed by atoms with E-state index < -0.39 is 41.1 Å². The molecule has 2 fully saturated rings. The molecule has 0 aliphatic heterocycles. The van der Waals surface area contributed by atoms with Crippen molar-refractivity contribution in [2.75, 3.05) is 7.11 Å². The van der Waals surface area contributed by atoms with E-state index in [1.54, 1.807) is 6.92 Å². The topological polar surface area (TPSA) is 102 Å². The predicted molar refractivity (Wildman–Crippen MR) is 88.4 cm³/mol. The number of aliphatic hydroxyl groups excluding tert-OH is 1. The van der Waals surface area contributed by atoms with Crippen LogP contribution in [0.15, 0.2) is 24.3 Å². The summed E-state index contributed by atoms with van der Waals surface area (Å²) in [7, 11) is 1.24. The first-order valence-electron chi connectivity index (χ1n) is 8.26. The number of aliphatic hydroxyl groups is 1. The van der Waals surface area contributed by atoms with Crippen LogP contribution >= 0.6 is 0 Å². The summed E-state index contributed by atoms with van der Waals surface area (Å²) >= 11 is 0. The van der Waals surface area contributed by atoms with Gasteiger partial charge < -0.3 is 14.6 Å². The minimum Gasteiger partial charge on any atom is -0.466 e. The van der Waals surface area contributed by atoms with E-state index in [2.05, 4.69) is 13.2 Å². The Kier molecular flexibility index (Phi) is 5.41. The van der Waals surface area contributed by atoms with E-state index in [4.69, 9.17) is 14.4 Å². The molecule has 7 heteroatoms. The Morgan fingerprint density at radius 2 is 1.96 bits per heavy atom. The van der Waals surface area contributed by atoms with Gasteiger partial charge >= 0.3 is 11.9 Å². The van der Waals surface area contributed by atoms with E-state index in [1.165, 1.54) is 14.0 Å². The quantitative estimate of drug-likeness (QED) is 0.262. The monoisotopic (exact) mass is 354 g/mol. The maximum atomic E-state index is 12.0. The van der Waals surface area contributed by atoms with E-state index in [9.17, 15) is 20.0 Å². The van der Waals surface area contributed by atoms with Gasteiger partial charge in [-0.1, -0.05) is 20.1 Å². The van der Waals surface area contributed by atoms with Gasteiger partial charge in [0.15, 0.2) is 0 Å². The van der Waals surface area contributed by atoms with Crippen molar-refractivity contribution in [2.24, 2.45) is 11.3 Å². The van der Waals surface area contributed by atoms with Gasteiger partial charge in [-0.3, -0.25) is 10.1 Å². The molecule has 0 spiro atoms. The second-order valence-corrected chi connectivity index (χ2v) is 7.17. The standard InChI is InChI=1S/C18H26O7/c1-10-6-7-15(20)17(4)9-14(24-12(3)19)13(8-18(10,17)25-22)11(2)16(21)23-5/h13-15,20,22H,1-2,6-9H2,3-5H3. The smallest absolute Gasteiger partial charge is 0.333 e. The van der Waals surface area contributed by atoms with Crippen LogP contribution in [0.2, 0.25) is 0 Å². The molecule has 25 heavy (non-hydrogen) atoms. The molecule has 0 aromatic heterocycles. The first-order valence-corrected chi connectivity index (χ1v) is 8.26. The normalized spacial score (nSPS) is 37.8. The fourth-order valence-corrected chi connectivity index (χ4v) is 4.36. The molecule has 2 aliphatic rings. The van der Waals surface area contributed by atoms with Gasteiger partial charge in [0.05, 0.1) is 13.2 Å². The van der Waals surface area contributed by atoms with Gasteiger partial charge in [-0.15, -0.1) is 0 Å². The predicted octanol–water partition coefficient (Wildman–Crippen LogP) is 2.00. The molecule has 5 atom stereocenters. The third-order valence-corrected chi connectivity index (χ3v) is 5.90. The molecule has 2 saturated carbocycles. The van der Waals surface area contributed by atoms with Gasteiger partial charge in [-0.25, -0.2) is 9.68 Å². The zero-order valence-electron chi connectivity index (χ0n) is 14.9. The highest BCUT2D eigenvalue weighted by Gasteiger charge is 2.64. The molecule has 2 aliphatic carbocycles. The Bertz CT molecular complexity index is 598. The lowest BCUT2D eigenvalue weighted by Gasteiger charge is -2.58. The van der Waals surface area contributed by atoms with Gasteiger partial charge in [0.1, 0.15) is 11.7 Å². The molecule has 0 aromatic carbocycles. The maximum Gasteiger partial charge on any atom is 0.333 e. The van der Waals surface area contributed by atoms with Crippen LogP contribution in [0.1, 0.15) is 39.5 Å². The number of carbonyl (C=O) groups excluding carboxylic acids is 2. The summed E-state index contributed by atoms with van der Waals surface area (Å²) in [4.78, 5) is 28.5. The Balaban J connectivity index is 2.50. The lowest BCUT2D eigenvalue weighted by molar-refractivity contribution is -0.369. The molecule has 0 amide bonds. The van der Waals surface area contributed by atoms with E-state index in [0.717, 1.165) is 0 Å². The fourth-order valence-electron chi connectivity index (χ4n) is 4.36. The minimum absolute atomic E-state index is 0.0990. The summed E-state index contributed by atoms with van der Waals surface area (Å²) < 4.78 is 10.2. The molecule has 0 heterocycles. The number of carbonyl (C=O) groups is 2. The summed E-state index contributed by atoms with van der Waals surface area (Å²) in [5.41, 5.74) is -1.43. The van der Waals surface area contributed by atoms with Crippen LogP contribution in [0.4, 0.5) is 0 Å². The van der Waals surface area contributed by atoms with Crippen molar-refractivity contribution in [3.05, 3.63) is 24.3 Å². The van der Waals surface area contributed by atoms with Crippen LogP contribution in [-0.2, 0) is 24.0 Å². The van der Waals surface area contributed by atoms with Gasteiger partial charge in [0, 0.05) is 23.8 Å². The number of hydrogen-bond acceptors (Lipinski definition) is 7. The highest BCUT2D eigenvalue weighted by molar-refractivity contribution is 5.88. The first-order chi connectivity index (χ1) is 11.6. The number of hydrogen-bond donors (Lipinski definition) is 2. The van der Waals surface area contributed by atoms with Crippen LogP contribution < -0.4 is 0 Å². The first kappa shape index (κ1) is 19.6. The number of rotatable bonds is 4. The average molecular weight is 354 g/mol. The van der Waals surface area contributed by atoms with Crippen molar-refractivity contribution >= 4 is 11.9 Å². The van der Waals surface area contributed by atoms with Crippen molar-refractivity contribution in [2.45, 2.75) is 57.3 Å². The van der Waals surface area contributed by atoms with Crippen LogP contribution in [0, 0.1) is 11.3 Å². The van der Waals surface area contributed by atoms with Crippen LogP contribution in [0.5, 0.6) is 0 Å². The van der Waals surface area contributed by atoms with Crippen molar-refractivity contribution < 1.29 is 34.3 Å². The van der Waals surface area contributed by atoms with E-state index in [-0.39, 0.29) is 18.4 Å². The Hall–Kier alpha value is -1.70. The van der Waals surface area contributed by atoms with Crippen molar-refractivity contribution in [3.8, 4) is 0 Å². The van der Waals surface area contributed by atoms with E-state index in [1.807, 2.05) is 0 Å². The molecule has 7 nitrogen and oxygen atoms in total. The van der Waals surface area contributed by atoms with Crippen LogP contribution in [0.25, 0.3) is 0 Å². The molecule has 0 saturated heterocycles. The van der Waals surface area contributed by atoms with Gasteiger partial charge in [-0.2, -0.15) is 0 Å². The lowest BCUT2D eigenvalue weighted by Crippen LogP contribution is -2.64. The second-order valence-electron chi connectivity index (χ2n) is 7.17. The summed E-state index contributed by atoms with van der Waals surface area (Å²) in [6, 6.07) is 0. The highest BCUT2D eigenvalue weighted by Crippen LogP contribution is 2.59. The van der Waals surface area contributed by atoms with Crippen molar-refractivity contribution in [1.82, 2.24) is 0 Å². The summed E-state index contributed by atoms with van der Waals surface area (Å²) in [5.74, 6) is -1.75. The number of ether oxygens (including phenoxy) is 2. The van der Waals surface area contributed by atoms with Crippen molar-refractivity contribution in [3.63, 3.8) is 0 Å². The maximum absolute atomic E-state index is 12.0. The number of esters is 2. The Labute approximate surface area is 147 Å². The zero-order chi connectivity index (χ0) is 19.0. The second kappa shape index (κ2) is 6.90. The molecule has 2 N–H and O–H groups in total. The molecule has 140 valence electrons. The molecule has 5 unspecified atom stereocenters. The zero-order valence-corrected chi connectivity index (χ0v) is 14.9. The summed E-state index contributed by atoms with van der Waals surface area (Å²) in [5, 5.41) is 20.4. The Morgan fingerprint density at radius 1 is 1.32 bits per heavy atom. The third kappa shape index (κ3) is 3.01.